The summed E-state index contributed by atoms with van der Waals surface area (Å²) in [6.45, 7) is 5.20. The molecule has 0 bridgehead atoms. The molecule has 150 valence electrons. The molecule has 0 amide bonds. The summed E-state index contributed by atoms with van der Waals surface area (Å²) in [6.07, 6.45) is 0.946. The van der Waals surface area contributed by atoms with Gasteiger partial charge in [-0.05, 0) is 31.5 Å². The maximum absolute atomic E-state index is 12.8. The van der Waals surface area contributed by atoms with Gasteiger partial charge in [-0.3, -0.25) is 18.9 Å². The Morgan fingerprint density at radius 1 is 1.21 bits per heavy atom. The van der Waals surface area contributed by atoms with Crippen LogP contribution in [-0.4, -0.2) is 45.3 Å². The number of hydrogen-bond acceptors (Lipinski definition) is 6. The quantitative estimate of drug-likeness (QED) is 0.678. The first kappa shape index (κ1) is 19.0. The SMILES string of the molecule is CC(c1ccccc1C#N)n1c(N2CCCNCC2)nc2c1c(=O)[nH]c(=O)n2C. The van der Waals surface area contributed by atoms with E-state index in [0.717, 1.165) is 38.2 Å². The lowest BCUT2D eigenvalue weighted by Gasteiger charge is -2.26. The molecule has 2 aromatic heterocycles. The minimum absolute atomic E-state index is 0.319. The summed E-state index contributed by atoms with van der Waals surface area (Å²) >= 11 is 0. The topological polar surface area (TPSA) is 112 Å². The number of H-pyrrole nitrogens is 1. The molecule has 0 radical (unpaired) electrons. The third-order valence-corrected chi connectivity index (χ3v) is 5.47. The first-order valence-corrected chi connectivity index (χ1v) is 9.69. The van der Waals surface area contributed by atoms with E-state index in [4.69, 9.17) is 4.98 Å². The van der Waals surface area contributed by atoms with Crippen LogP contribution >= 0.6 is 0 Å². The van der Waals surface area contributed by atoms with Crippen LogP contribution in [0.3, 0.4) is 0 Å². The van der Waals surface area contributed by atoms with Crippen LogP contribution < -0.4 is 21.5 Å². The predicted octanol–water partition coefficient (Wildman–Crippen LogP) is 0.704. The highest BCUT2D eigenvalue weighted by atomic mass is 16.2. The average molecular weight is 393 g/mol. The molecular formula is C20H23N7O2. The lowest BCUT2D eigenvalue weighted by atomic mass is 10.0. The number of aromatic amines is 1. The molecule has 1 fully saturated rings. The minimum Gasteiger partial charge on any atom is -0.341 e. The molecule has 4 rings (SSSR count). The molecule has 1 aliphatic heterocycles. The average Bonchev–Trinajstić information content (AvgIpc) is 2.93. The number of nitrogens with zero attached hydrogens (tertiary/aromatic N) is 5. The molecule has 0 saturated carbocycles. The van der Waals surface area contributed by atoms with Gasteiger partial charge in [-0.2, -0.15) is 10.2 Å². The lowest BCUT2D eigenvalue weighted by molar-refractivity contribution is 0.630. The van der Waals surface area contributed by atoms with Crippen LogP contribution in [0, 0.1) is 11.3 Å². The smallest absolute Gasteiger partial charge is 0.329 e. The van der Waals surface area contributed by atoms with Gasteiger partial charge in [0.1, 0.15) is 0 Å². The molecule has 1 aromatic carbocycles. The summed E-state index contributed by atoms with van der Waals surface area (Å²) < 4.78 is 3.21. The predicted molar refractivity (Wildman–Crippen MR) is 110 cm³/mol. The number of imidazole rings is 1. The standard InChI is InChI=1S/C20H23N7O2/c1-13(15-7-4-3-6-14(15)12-21)27-16-17(25(2)20(29)24-18(16)28)23-19(27)26-10-5-8-22-9-11-26/h3-4,6-7,13,22H,5,8-11H2,1-2H3,(H,24,28,29). The monoisotopic (exact) mass is 393 g/mol. The highest BCUT2D eigenvalue weighted by Crippen LogP contribution is 2.30. The maximum Gasteiger partial charge on any atom is 0.329 e. The van der Waals surface area contributed by atoms with E-state index in [-0.39, 0.29) is 6.04 Å². The van der Waals surface area contributed by atoms with Crippen LogP contribution in [0.2, 0.25) is 0 Å². The number of aromatic nitrogens is 4. The van der Waals surface area contributed by atoms with Gasteiger partial charge in [0.25, 0.3) is 5.56 Å². The molecule has 1 unspecified atom stereocenters. The third-order valence-electron chi connectivity index (χ3n) is 5.47. The highest BCUT2D eigenvalue weighted by Gasteiger charge is 2.26. The molecule has 3 heterocycles. The number of benzene rings is 1. The van der Waals surface area contributed by atoms with E-state index in [0.29, 0.717) is 22.7 Å². The van der Waals surface area contributed by atoms with Crippen LogP contribution in [0.15, 0.2) is 33.9 Å². The molecule has 0 aliphatic carbocycles. The molecular weight excluding hydrogens is 370 g/mol. The van der Waals surface area contributed by atoms with Crippen molar-refractivity contribution in [2.75, 3.05) is 31.1 Å². The van der Waals surface area contributed by atoms with E-state index >= 15 is 0 Å². The van der Waals surface area contributed by atoms with Crippen molar-refractivity contribution >= 4 is 17.1 Å². The van der Waals surface area contributed by atoms with Crippen molar-refractivity contribution in [2.45, 2.75) is 19.4 Å². The van der Waals surface area contributed by atoms with Gasteiger partial charge in [-0.25, -0.2) is 4.79 Å². The molecule has 1 atom stereocenters. The number of nitriles is 1. The summed E-state index contributed by atoms with van der Waals surface area (Å²) in [5, 5.41) is 12.9. The van der Waals surface area contributed by atoms with E-state index < -0.39 is 11.2 Å². The molecule has 0 spiro atoms. The fourth-order valence-electron chi connectivity index (χ4n) is 3.93. The van der Waals surface area contributed by atoms with Crippen molar-refractivity contribution in [1.82, 2.24) is 24.4 Å². The second-order valence-electron chi connectivity index (χ2n) is 7.24. The molecule has 2 N–H and O–H groups in total. The van der Waals surface area contributed by atoms with Gasteiger partial charge in [0, 0.05) is 26.7 Å². The summed E-state index contributed by atoms with van der Waals surface area (Å²) in [4.78, 5) is 34.2. The second-order valence-corrected chi connectivity index (χ2v) is 7.24. The fourth-order valence-corrected chi connectivity index (χ4v) is 3.93. The van der Waals surface area contributed by atoms with Crippen LogP contribution in [0.25, 0.3) is 11.2 Å². The molecule has 1 saturated heterocycles. The van der Waals surface area contributed by atoms with Crippen molar-refractivity contribution in [3.8, 4) is 6.07 Å². The van der Waals surface area contributed by atoms with Gasteiger partial charge in [0.2, 0.25) is 5.95 Å². The molecule has 9 nitrogen and oxygen atoms in total. The summed E-state index contributed by atoms with van der Waals surface area (Å²) in [5.41, 5.74) is 1.05. The van der Waals surface area contributed by atoms with Gasteiger partial charge in [-0.1, -0.05) is 18.2 Å². The van der Waals surface area contributed by atoms with Crippen LogP contribution in [0.5, 0.6) is 0 Å². The van der Waals surface area contributed by atoms with Crippen molar-refractivity contribution in [3.05, 3.63) is 56.2 Å². The Morgan fingerprint density at radius 2 is 2.00 bits per heavy atom. The Balaban J connectivity index is 2.01. The Hall–Kier alpha value is -3.38. The number of fused-ring (bicyclic) bond motifs is 1. The Bertz CT molecular complexity index is 1210. The van der Waals surface area contributed by atoms with Crippen molar-refractivity contribution < 1.29 is 0 Å². The normalized spacial score (nSPS) is 15.8. The van der Waals surface area contributed by atoms with Crippen molar-refractivity contribution in [3.63, 3.8) is 0 Å². The Labute approximate surface area is 167 Å². The van der Waals surface area contributed by atoms with Crippen LogP contribution in [-0.2, 0) is 7.05 Å². The van der Waals surface area contributed by atoms with Gasteiger partial charge < -0.3 is 10.2 Å². The largest absolute Gasteiger partial charge is 0.341 e. The highest BCUT2D eigenvalue weighted by molar-refractivity contribution is 5.75. The number of hydrogen-bond donors (Lipinski definition) is 2. The van der Waals surface area contributed by atoms with E-state index in [1.807, 2.05) is 29.7 Å². The molecule has 1 aliphatic rings. The van der Waals surface area contributed by atoms with E-state index in [1.165, 1.54) is 4.57 Å². The molecule has 3 aromatic rings. The number of anilines is 1. The Morgan fingerprint density at radius 3 is 2.79 bits per heavy atom. The second kappa shape index (κ2) is 7.56. The van der Waals surface area contributed by atoms with Gasteiger partial charge >= 0.3 is 5.69 Å². The zero-order valence-corrected chi connectivity index (χ0v) is 16.5. The zero-order chi connectivity index (χ0) is 20.5. The molecule has 29 heavy (non-hydrogen) atoms. The third kappa shape index (κ3) is 3.21. The summed E-state index contributed by atoms with van der Waals surface area (Å²) in [5.74, 6) is 0.635. The fraction of sp³-hybridized carbons (Fsp3) is 0.400. The van der Waals surface area contributed by atoms with E-state index in [9.17, 15) is 14.9 Å². The first-order chi connectivity index (χ1) is 14.0. The summed E-state index contributed by atoms with van der Waals surface area (Å²) in [6, 6.07) is 9.26. The number of rotatable bonds is 3. The maximum atomic E-state index is 12.8. The number of nitrogens with one attached hydrogen (secondary N) is 2. The van der Waals surface area contributed by atoms with Crippen LogP contribution in [0.1, 0.15) is 30.5 Å². The number of aryl methyl sites for hydroxylation is 1. The van der Waals surface area contributed by atoms with E-state index in [2.05, 4.69) is 21.3 Å². The lowest BCUT2D eigenvalue weighted by Crippen LogP contribution is -2.32. The first-order valence-electron chi connectivity index (χ1n) is 9.69. The van der Waals surface area contributed by atoms with Gasteiger partial charge in [-0.15, -0.1) is 0 Å². The van der Waals surface area contributed by atoms with E-state index in [1.54, 1.807) is 13.1 Å². The zero-order valence-electron chi connectivity index (χ0n) is 16.5. The van der Waals surface area contributed by atoms with Gasteiger partial charge in [0.05, 0.1) is 17.7 Å². The molecule has 9 heteroatoms. The minimum atomic E-state index is -0.499. The van der Waals surface area contributed by atoms with Crippen molar-refractivity contribution in [2.24, 2.45) is 7.05 Å². The van der Waals surface area contributed by atoms with Crippen LogP contribution in [0.4, 0.5) is 5.95 Å². The Kier molecular flexibility index (Phi) is 4.94. The van der Waals surface area contributed by atoms with Gasteiger partial charge in [0.15, 0.2) is 11.2 Å². The summed E-state index contributed by atoms with van der Waals surface area (Å²) in [7, 11) is 1.60. The van der Waals surface area contributed by atoms with Crippen molar-refractivity contribution in [1.29, 1.82) is 5.26 Å².